The van der Waals surface area contributed by atoms with Crippen LogP contribution in [0, 0.1) is 17.6 Å². The van der Waals surface area contributed by atoms with Gasteiger partial charge in [0.25, 0.3) is 0 Å². The standard InChI is InChI=1S/C11H15F2NO/c1-7(2)11(15,6-14)8-4-3-5-9(12)10(8)13/h3-5,7,15H,6,14H2,1-2H3. The molecular weight excluding hydrogens is 200 g/mol. The minimum absolute atomic E-state index is 0.0833. The quantitative estimate of drug-likeness (QED) is 0.807. The van der Waals surface area contributed by atoms with Gasteiger partial charge in [-0.15, -0.1) is 0 Å². The number of hydrogen-bond donors (Lipinski definition) is 2. The molecule has 0 fully saturated rings. The molecule has 15 heavy (non-hydrogen) atoms. The molecule has 3 N–H and O–H groups in total. The molecule has 1 rings (SSSR count). The number of benzene rings is 1. The van der Waals surface area contributed by atoms with E-state index in [9.17, 15) is 13.9 Å². The predicted octanol–water partition coefficient (Wildman–Crippen LogP) is 1.77. The van der Waals surface area contributed by atoms with Gasteiger partial charge in [-0.3, -0.25) is 0 Å². The van der Waals surface area contributed by atoms with Crippen molar-refractivity contribution < 1.29 is 13.9 Å². The van der Waals surface area contributed by atoms with Crippen LogP contribution in [0.5, 0.6) is 0 Å². The number of rotatable bonds is 3. The summed E-state index contributed by atoms with van der Waals surface area (Å²) in [5, 5.41) is 10.1. The lowest BCUT2D eigenvalue weighted by Crippen LogP contribution is -2.40. The molecular formula is C11H15F2NO. The highest BCUT2D eigenvalue weighted by atomic mass is 19.2. The molecule has 0 aliphatic heterocycles. The molecule has 1 aromatic carbocycles. The summed E-state index contributed by atoms with van der Waals surface area (Å²) in [5.41, 5.74) is 3.81. The van der Waals surface area contributed by atoms with Crippen LogP contribution in [0.4, 0.5) is 8.78 Å². The van der Waals surface area contributed by atoms with Crippen molar-refractivity contribution in [1.29, 1.82) is 0 Å². The van der Waals surface area contributed by atoms with Crippen molar-refractivity contribution in [3.05, 3.63) is 35.4 Å². The topological polar surface area (TPSA) is 46.2 Å². The molecule has 0 amide bonds. The van der Waals surface area contributed by atoms with Crippen molar-refractivity contribution in [2.45, 2.75) is 19.4 Å². The van der Waals surface area contributed by atoms with Gasteiger partial charge in [0.05, 0.1) is 0 Å². The SMILES string of the molecule is CC(C)C(O)(CN)c1cccc(F)c1F. The maximum Gasteiger partial charge on any atom is 0.164 e. The van der Waals surface area contributed by atoms with Crippen molar-refractivity contribution in [2.24, 2.45) is 11.7 Å². The normalized spacial score (nSPS) is 15.4. The predicted molar refractivity (Wildman–Crippen MR) is 54.1 cm³/mol. The summed E-state index contributed by atoms with van der Waals surface area (Å²) in [7, 11) is 0. The second-order valence-corrected chi connectivity index (χ2v) is 3.88. The number of aliphatic hydroxyl groups is 1. The molecule has 0 aliphatic rings. The zero-order valence-corrected chi connectivity index (χ0v) is 8.80. The van der Waals surface area contributed by atoms with E-state index in [1.807, 2.05) is 0 Å². The van der Waals surface area contributed by atoms with Crippen molar-refractivity contribution in [3.63, 3.8) is 0 Å². The van der Waals surface area contributed by atoms with E-state index >= 15 is 0 Å². The summed E-state index contributed by atoms with van der Waals surface area (Å²) in [6, 6.07) is 3.72. The highest BCUT2D eigenvalue weighted by Crippen LogP contribution is 2.31. The Labute approximate surface area is 87.7 Å². The first-order chi connectivity index (χ1) is 6.93. The largest absolute Gasteiger partial charge is 0.383 e. The Kier molecular flexibility index (Phi) is 3.42. The molecule has 84 valence electrons. The molecule has 0 saturated carbocycles. The first kappa shape index (κ1) is 12.1. The molecule has 0 aliphatic carbocycles. The van der Waals surface area contributed by atoms with Gasteiger partial charge in [0.1, 0.15) is 5.60 Å². The summed E-state index contributed by atoms with van der Waals surface area (Å²) >= 11 is 0. The van der Waals surface area contributed by atoms with Crippen LogP contribution in [0.2, 0.25) is 0 Å². The van der Waals surface area contributed by atoms with Gasteiger partial charge in [-0.2, -0.15) is 0 Å². The lowest BCUT2D eigenvalue weighted by atomic mass is 9.83. The third-order valence-electron chi connectivity index (χ3n) is 2.68. The molecule has 1 atom stereocenters. The summed E-state index contributed by atoms with van der Waals surface area (Å²) in [5.74, 6) is -2.29. The Bertz CT molecular complexity index is 354. The zero-order valence-electron chi connectivity index (χ0n) is 8.80. The Morgan fingerprint density at radius 2 is 2.00 bits per heavy atom. The van der Waals surface area contributed by atoms with Crippen molar-refractivity contribution in [3.8, 4) is 0 Å². The number of nitrogens with two attached hydrogens (primary N) is 1. The summed E-state index contributed by atoms with van der Waals surface area (Å²) in [6.45, 7) is 3.26. The molecule has 0 spiro atoms. The summed E-state index contributed by atoms with van der Waals surface area (Å²) in [4.78, 5) is 0. The van der Waals surface area contributed by atoms with E-state index in [1.165, 1.54) is 12.1 Å². The molecule has 0 heterocycles. The fourth-order valence-corrected chi connectivity index (χ4v) is 1.49. The van der Waals surface area contributed by atoms with Gasteiger partial charge < -0.3 is 10.8 Å². The number of hydrogen-bond acceptors (Lipinski definition) is 2. The van der Waals surface area contributed by atoms with Gasteiger partial charge in [0.15, 0.2) is 11.6 Å². The average molecular weight is 215 g/mol. The van der Waals surface area contributed by atoms with E-state index in [0.29, 0.717) is 0 Å². The molecule has 0 bridgehead atoms. The summed E-state index contributed by atoms with van der Waals surface area (Å²) in [6.07, 6.45) is 0. The van der Waals surface area contributed by atoms with Crippen molar-refractivity contribution in [2.75, 3.05) is 6.54 Å². The fraction of sp³-hybridized carbons (Fsp3) is 0.455. The maximum absolute atomic E-state index is 13.5. The van der Waals surface area contributed by atoms with Crippen LogP contribution in [0.25, 0.3) is 0 Å². The second-order valence-electron chi connectivity index (χ2n) is 3.88. The number of halogens is 2. The molecule has 0 aromatic heterocycles. The van der Waals surface area contributed by atoms with Crippen LogP contribution in [0.3, 0.4) is 0 Å². The molecule has 0 saturated heterocycles. The minimum Gasteiger partial charge on any atom is -0.383 e. The van der Waals surface area contributed by atoms with E-state index in [0.717, 1.165) is 6.07 Å². The van der Waals surface area contributed by atoms with Crippen LogP contribution < -0.4 is 5.73 Å². The van der Waals surface area contributed by atoms with Crippen LogP contribution in [-0.2, 0) is 5.60 Å². The van der Waals surface area contributed by atoms with Crippen LogP contribution >= 0.6 is 0 Å². The van der Waals surface area contributed by atoms with E-state index in [-0.39, 0.29) is 18.0 Å². The molecule has 1 unspecified atom stereocenters. The Morgan fingerprint density at radius 1 is 1.40 bits per heavy atom. The highest BCUT2D eigenvalue weighted by Gasteiger charge is 2.34. The smallest absolute Gasteiger partial charge is 0.164 e. The molecule has 1 aromatic rings. The Morgan fingerprint density at radius 3 is 2.47 bits per heavy atom. The van der Waals surface area contributed by atoms with Gasteiger partial charge >= 0.3 is 0 Å². The van der Waals surface area contributed by atoms with E-state index in [4.69, 9.17) is 5.73 Å². The van der Waals surface area contributed by atoms with Gasteiger partial charge in [0, 0.05) is 12.1 Å². The van der Waals surface area contributed by atoms with E-state index < -0.39 is 17.2 Å². The van der Waals surface area contributed by atoms with E-state index in [1.54, 1.807) is 13.8 Å². The maximum atomic E-state index is 13.5. The first-order valence-electron chi connectivity index (χ1n) is 4.80. The van der Waals surface area contributed by atoms with E-state index in [2.05, 4.69) is 0 Å². The lowest BCUT2D eigenvalue weighted by molar-refractivity contribution is -0.00488. The minimum atomic E-state index is -1.52. The molecule has 2 nitrogen and oxygen atoms in total. The van der Waals surface area contributed by atoms with Crippen LogP contribution in [0.15, 0.2) is 18.2 Å². The lowest BCUT2D eigenvalue weighted by Gasteiger charge is -2.31. The first-order valence-corrected chi connectivity index (χ1v) is 4.80. The Hall–Kier alpha value is -1.00. The van der Waals surface area contributed by atoms with Crippen molar-refractivity contribution in [1.82, 2.24) is 0 Å². The second kappa shape index (κ2) is 4.24. The molecule has 0 radical (unpaired) electrons. The third-order valence-corrected chi connectivity index (χ3v) is 2.68. The third kappa shape index (κ3) is 2.01. The highest BCUT2D eigenvalue weighted by molar-refractivity contribution is 5.26. The monoisotopic (exact) mass is 215 g/mol. The summed E-state index contributed by atoms with van der Waals surface area (Å²) < 4.78 is 26.4. The van der Waals surface area contributed by atoms with Gasteiger partial charge in [-0.1, -0.05) is 26.0 Å². The molecule has 4 heteroatoms. The average Bonchev–Trinajstić information content (AvgIpc) is 2.20. The van der Waals surface area contributed by atoms with Crippen molar-refractivity contribution >= 4 is 0 Å². The van der Waals surface area contributed by atoms with Crippen LogP contribution in [-0.4, -0.2) is 11.7 Å². The zero-order chi connectivity index (χ0) is 11.6. The van der Waals surface area contributed by atoms with Gasteiger partial charge in [-0.05, 0) is 12.0 Å². The van der Waals surface area contributed by atoms with Gasteiger partial charge in [0.2, 0.25) is 0 Å². The van der Waals surface area contributed by atoms with Crippen LogP contribution in [0.1, 0.15) is 19.4 Å². The Balaban J connectivity index is 3.30. The van der Waals surface area contributed by atoms with Gasteiger partial charge in [-0.25, -0.2) is 8.78 Å². The fourth-order valence-electron chi connectivity index (χ4n) is 1.49.